The molecule has 2 aromatic rings. The number of nitrogens with zero attached hydrogens (tertiary/aromatic N) is 4. The first-order chi connectivity index (χ1) is 12.4. The third kappa shape index (κ3) is 3.99. The molecule has 1 aliphatic carbocycles. The van der Waals surface area contributed by atoms with Gasteiger partial charge < -0.3 is 14.4 Å². The first-order valence-corrected chi connectivity index (χ1v) is 11.3. The molecule has 8 heteroatoms. The maximum atomic E-state index is 11.5. The molecule has 26 heavy (non-hydrogen) atoms. The fourth-order valence-electron chi connectivity index (χ4n) is 3.42. The molecule has 0 bridgehead atoms. The number of sulfone groups is 1. The second kappa shape index (κ2) is 6.78. The predicted octanol–water partition coefficient (Wildman–Crippen LogP) is 2.83. The van der Waals surface area contributed by atoms with Gasteiger partial charge in [-0.15, -0.1) is 0 Å². The summed E-state index contributed by atoms with van der Waals surface area (Å²) in [6.07, 6.45) is 8.68. The van der Waals surface area contributed by atoms with Crippen molar-refractivity contribution in [2.24, 2.45) is 0 Å². The van der Waals surface area contributed by atoms with Crippen LogP contribution in [0.3, 0.4) is 0 Å². The molecule has 2 aliphatic rings. The molecule has 140 valence electrons. The number of imidazole rings is 1. The van der Waals surface area contributed by atoms with Gasteiger partial charge in [0.2, 0.25) is 0 Å². The maximum Gasteiger partial charge on any atom is 0.147 e. The van der Waals surface area contributed by atoms with E-state index in [0.29, 0.717) is 30.6 Å². The Morgan fingerprint density at radius 1 is 1.27 bits per heavy atom. The van der Waals surface area contributed by atoms with Crippen LogP contribution in [0.15, 0.2) is 30.6 Å². The first kappa shape index (κ1) is 17.7. The van der Waals surface area contributed by atoms with Crippen molar-refractivity contribution < 1.29 is 8.42 Å². The van der Waals surface area contributed by atoms with E-state index in [9.17, 15) is 8.42 Å². The Labute approximate surface area is 159 Å². The molecule has 0 unspecified atom stereocenters. The highest BCUT2D eigenvalue weighted by atomic mass is 35.5. The minimum absolute atomic E-state index is 0.179. The largest absolute Gasteiger partial charge is 0.356 e. The molecule has 0 amide bonds. The zero-order valence-electron chi connectivity index (χ0n) is 14.8. The molecule has 6 nitrogen and oxygen atoms in total. The van der Waals surface area contributed by atoms with Crippen molar-refractivity contribution in [3.05, 3.63) is 41.4 Å². The quantitative estimate of drug-likeness (QED) is 0.722. The van der Waals surface area contributed by atoms with Gasteiger partial charge in [-0.2, -0.15) is 0 Å². The molecular weight excluding hydrogens is 372 g/mol. The van der Waals surface area contributed by atoms with Crippen molar-refractivity contribution in [2.75, 3.05) is 18.7 Å². The van der Waals surface area contributed by atoms with Gasteiger partial charge in [0.1, 0.15) is 15.7 Å². The van der Waals surface area contributed by atoms with Crippen LogP contribution in [-0.2, 0) is 22.9 Å². The van der Waals surface area contributed by atoms with Gasteiger partial charge in [-0.05, 0) is 37.5 Å². The fraction of sp³-hybridized carbons (Fsp3) is 0.500. The maximum absolute atomic E-state index is 11.5. The molecule has 1 aromatic heterocycles. The van der Waals surface area contributed by atoms with E-state index in [1.807, 2.05) is 18.2 Å². The predicted molar refractivity (Wildman–Crippen MR) is 103 cm³/mol. The van der Waals surface area contributed by atoms with Gasteiger partial charge in [0.15, 0.2) is 0 Å². The third-order valence-electron chi connectivity index (χ3n) is 4.86. The van der Waals surface area contributed by atoms with Crippen LogP contribution >= 0.6 is 11.6 Å². The Balaban J connectivity index is 1.55. The molecule has 4 rings (SSSR count). The third-order valence-corrected chi connectivity index (χ3v) is 6.13. The second-order valence-corrected chi connectivity index (χ2v) is 9.92. The molecule has 1 aliphatic heterocycles. The molecule has 2 heterocycles. The van der Waals surface area contributed by atoms with Crippen LogP contribution in [0.5, 0.6) is 0 Å². The molecule has 0 saturated heterocycles. The van der Waals surface area contributed by atoms with Crippen LogP contribution in [0.4, 0.5) is 0 Å². The minimum Gasteiger partial charge on any atom is -0.356 e. The Kier molecular flexibility index (Phi) is 4.61. The van der Waals surface area contributed by atoms with E-state index < -0.39 is 9.84 Å². The Hall–Kier alpha value is -1.73. The molecule has 1 fully saturated rings. The zero-order valence-corrected chi connectivity index (χ0v) is 16.4. The van der Waals surface area contributed by atoms with Gasteiger partial charge in [0, 0.05) is 36.3 Å². The number of aryl methyl sites for hydroxylation is 1. The lowest BCUT2D eigenvalue weighted by Crippen LogP contribution is -2.27. The number of rotatable bonds is 7. The van der Waals surface area contributed by atoms with E-state index in [0.717, 1.165) is 23.5 Å². The highest BCUT2D eigenvalue weighted by Crippen LogP contribution is 2.30. The number of fused-ring (bicyclic) bond motifs is 1. The average Bonchev–Trinajstić information content (AvgIpc) is 3.22. The van der Waals surface area contributed by atoms with Crippen LogP contribution in [0.25, 0.3) is 11.0 Å². The summed E-state index contributed by atoms with van der Waals surface area (Å²) in [6.45, 7) is 2.22. The van der Waals surface area contributed by atoms with E-state index in [4.69, 9.17) is 16.6 Å². The number of hydrogen-bond donors (Lipinski definition) is 0. The first-order valence-electron chi connectivity index (χ1n) is 8.89. The summed E-state index contributed by atoms with van der Waals surface area (Å²) in [4.78, 5) is 9.39. The van der Waals surface area contributed by atoms with Crippen molar-refractivity contribution in [3.8, 4) is 0 Å². The smallest absolute Gasteiger partial charge is 0.147 e. The Morgan fingerprint density at radius 2 is 2.08 bits per heavy atom. The molecule has 1 aromatic carbocycles. The van der Waals surface area contributed by atoms with Gasteiger partial charge >= 0.3 is 0 Å². The summed E-state index contributed by atoms with van der Waals surface area (Å²) >= 11 is 6.12. The SMILES string of the molecule is CS(=O)(=O)CCCn1c(CN2C=CN(C3CC3)C2)nc2cc(Cl)ccc21. The van der Waals surface area contributed by atoms with Crippen molar-refractivity contribution in [1.82, 2.24) is 19.4 Å². The number of halogens is 1. The van der Waals surface area contributed by atoms with Gasteiger partial charge in [-0.3, -0.25) is 0 Å². The van der Waals surface area contributed by atoms with Crippen molar-refractivity contribution >= 4 is 32.5 Å². The summed E-state index contributed by atoms with van der Waals surface area (Å²) in [7, 11) is -2.97. The molecule has 0 N–H and O–H groups in total. The normalized spacial score (nSPS) is 17.6. The topological polar surface area (TPSA) is 58.4 Å². The van der Waals surface area contributed by atoms with Gasteiger partial charge in [-0.1, -0.05) is 11.6 Å². The number of aromatic nitrogens is 2. The Morgan fingerprint density at radius 3 is 2.81 bits per heavy atom. The average molecular weight is 395 g/mol. The van der Waals surface area contributed by atoms with E-state index in [1.54, 1.807) is 0 Å². The summed E-state index contributed by atoms with van der Waals surface area (Å²) < 4.78 is 25.1. The summed E-state index contributed by atoms with van der Waals surface area (Å²) in [6, 6.07) is 6.38. The van der Waals surface area contributed by atoms with Crippen molar-refractivity contribution in [3.63, 3.8) is 0 Å². The minimum atomic E-state index is -2.97. The van der Waals surface area contributed by atoms with Crippen molar-refractivity contribution in [1.29, 1.82) is 0 Å². The van der Waals surface area contributed by atoms with Gasteiger partial charge in [0.25, 0.3) is 0 Å². The highest BCUT2D eigenvalue weighted by Gasteiger charge is 2.30. The van der Waals surface area contributed by atoms with Gasteiger partial charge in [-0.25, -0.2) is 13.4 Å². The second-order valence-electron chi connectivity index (χ2n) is 7.23. The monoisotopic (exact) mass is 394 g/mol. The lowest BCUT2D eigenvalue weighted by molar-refractivity contribution is 0.248. The van der Waals surface area contributed by atoms with E-state index in [2.05, 4.69) is 26.8 Å². The lowest BCUT2D eigenvalue weighted by Gasteiger charge is -2.21. The molecular formula is C18H23ClN4O2S. The van der Waals surface area contributed by atoms with Crippen LogP contribution in [0.1, 0.15) is 25.1 Å². The molecule has 0 atom stereocenters. The standard InChI is InChI=1S/C18H23ClN4O2S/c1-26(24,25)10-2-7-23-17-6-3-14(19)11-16(17)20-18(23)12-21-8-9-22(13-21)15-4-5-15/h3,6,8-9,11,15H,2,4-5,7,10,12-13H2,1H3. The van der Waals surface area contributed by atoms with Crippen molar-refractivity contribution in [2.45, 2.75) is 38.4 Å². The van der Waals surface area contributed by atoms with Crippen LogP contribution in [0.2, 0.25) is 5.02 Å². The number of hydrogen-bond acceptors (Lipinski definition) is 5. The summed E-state index contributed by atoms with van der Waals surface area (Å²) in [5.74, 6) is 1.12. The summed E-state index contributed by atoms with van der Waals surface area (Å²) in [5.41, 5.74) is 1.86. The fourth-order valence-corrected chi connectivity index (χ4v) is 4.24. The molecule has 1 saturated carbocycles. The lowest BCUT2D eigenvalue weighted by atomic mass is 10.3. The van der Waals surface area contributed by atoms with E-state index >= 15 is 0 Å². The number of benzene rings is 1. The Bertz CT molecular complexity index is 949. The summed E-state index contributed by atoms with van der Waals surface area (Å²) in [5, 5.41) is 0.658. The highest BCUT2D eigenvalue weighted by molar-refractivity contribution is 7.90. The van der Waals surface area contributed by atoms with E-state index in [-0.39, 0.29) is 5.75 Å². The van der Waals surface area contributed by atoms with Crippen LogP contribution in [-0.4, -0.2) is 52.5 Å². The zero-order chi connectivity index (χ0) is 18.3. The van der Waals surface area contributed by atoms with Crippen LogP contribution in [0, 0.1) is 0 Å². The molecule has 0 spiro atoms. The van der Waals surface area contributed by atoms with E-state index in [1.165, 1.54) is 19.1 Å². The van der Waals surface area contributed by atoms with Gasteiger partial charge in [0.05, 0.1) is 30.0 Å². The molecule has 0 radical (unpaired) electrons. The van der Waals surface area contributed by atoms with Crippen LogP contribution < -0.4 is 0 Å².